The Bertz CT molecular complexity index is 738. The second-order valence-electron chi connectivity index (χ2n) is 6.71. The summed E-state index contributed by atoms with van der Waals surface area (Å²) in [7, 11) is 0. The van der Waals surface area contributed by atoms with Crippen molar-refractivity contribution in [2.24, 2.45) is 0 Å². The molecule has 1 amide bonds. The Hall–Kier alpha value is -2.17. The number of fused-ring (bicyclic) bond motifs is 1. The number of hydrogen-bond acceptors (Lipinski definition) is 3. The minimum atomic E-state index is -0.253. The summed E-state index contributed by atoms with van der Waals surface area (Å²) in [6.45, 7) is 0.705. The number of carbonyl (C=O) groups is 1. The molecule has 1 unspecified atom stereocenters. The van der Waals surface area contributed by atoms with Crippen molar-refractivity contribution in [2.75, 3.05) is 6.54 Å². The van der Waals surface area contributed by atoms with E-state index in [1.165, 1.54) is 12.1 Å². The fraction of sp³-hybridized carbons (Fsp3) is 0.474. The van der Waals surface area contributed by atoms with Crippen molar-refractivity contribution >= 4 is 5.91 Å². The number of hydrogen-bond donors (Lipinski definition) is 0. The smallest absolute Gasteiger partial charge is 0.293 e. The molecule has 0 saturated carbocycles. The summed E-state index contributed by atoms with van der Waals surface area (Å²) in [6, 6.07) is 6.46. The van der Waals surface area contributed by atoms with E-state index in [4.69, 9.17) is 4.52 Å². The summed E-state index contributed by atoms with van der Waals surface area (Å²) >= 11 is 0. The Morgan fingerprint density at radius 3 is 2.75 bits per heavy atom. The summed E-state index contributed by atoms with van der Waals surface area (Å²) < 4.78 is 18.7. The van der Waals surface area contributed by atoms with Crippen LogP contribution in [0.1, 0.15) is 65.5 Å². The van der Waals surface area contributed by atoms with Crippen LogP contribution >= 0.6 is 0 Å². The molecule has 4 rings (SSSR count). The van der Waals surface area contributed by atoms with Crippen LogP contribution in [-0.2, 0) is 12.8 Å². The Labute approximate surface area is 140 Å². The molecule has 4 nitrogen and oxygen atoms in total. The van der Waals surface area contributed by atoms with Gasteiger partial charge in [-0.25, -0.2) is 4.39 Å². The summed E-state index contributed by atoms with van der Waals surface area (Å²) in [6.07, 6.45) is 6.90. The normalized spacial score (nSPS) is 20.7. The predicted octanol–water partition coefficient (Wildman–Crippen LogP) is 4.06. The van der Waals surface area contributed by atoms with E-state index in [9.17, 15) is 9.18 Å². The van der Waals surface area contributed by atoms with Gasteiger partial charge in [-0.3, -0.25) is 4.79 Å². The number of carbonyl (C=O) groups excluding carboxylic acids is 1. The molecule has 0 spiro atoms. The maximum absolute atomic E-state index is 13.2. The molecule has 126 valence electrons. The highest BCUT2D eigenvalue weighted by Crippen LogP contribution is 2.34. The van der Waals surface area contributed by atoms with Crippen LogP contribution in [-0.4, -0.2) is 22.5 Å². The van der Waals surface area contributed by atoms with Gasteiger partial charge in [-0.15, -0.1) is 0 Å². The van der Waals surface area contributed by atoms with Crippen LogP contribution < -0.4 is 0 Å². The highest BCUT2D eigenvalue weighted by atomic mass is 19.1. The molecular formula is C19H21FN2O2. The molecule has 2 aromatic rings. The lowest BCUT2D eigenvalue weighted by molar-refractivity contribution is 0.0567. The largest absolute Gasteiger partial charge is 0.350 e. The van der Waals surface area contributed by atoms with Crippen molar-refractivity contribution in [3.8, 4) is 0 Å². The minimum absolute atomic E-state index is 0.0174. The zero-order valence-corrected chi connectivity index (χ0v) is 13.6. The lowest BCUT2D eigenvalue weighted by Crippen LogP contribution is -2.38. The lowest BCUT2D eigenvalue weighted by atomic mass is 9.93. The topological polar surface area (TPSA) is 46.3 Å². The number of amides is 1. The third-order valence-corrected chi connectivity index (χ3v) is 5.17. The third-order valence-electron chi connectivity index (χ3n) is 5.17. The van der Waals surface area contributed by atoms with Gasteiger partial charge in [0.1, 0.15) is 5.82 Å². The number of aromatic nitrogens is 1. The molecule has 1 saturated heterocycles. The molecule has 1 fully saturated rings. The third kappa shape index (κ3) is 2.72. The number of halogens is 1. The number of aryl methyl sites for hydroxylation is 1. The van der Waals surface area contributed by atoms with Crippen LogP contribution in [0.4, 0.5) is 4.39 Å². The predicted molar refractivity (Wildman–Crippen MR) is 87.2 cm³/mol. The Balaban J connectivity index is 1.64. The zero-order valence-electron chi connectivity index (χ0n) is 13.6. The molecule has 5 heteroatoms. The average molecular weight is 328 g/mol. The van der Waals surface area contributed by atoms with Gasteiger partial charge in [0.25, 0.3) is 5.91 Å². The highest BCUT2D eigenvalue weighted by molar-refractivity contribution is 5.93. The van der Waals surface area contributed by atoms with Gasteiger partial charge in [0.05, 0.1) is 11.7 Å². The molecule has 0 bridgehead atoms. The van der Waals surface area contributed by atoms with Crippen molar-refractivity contribution in [3.63, 3.8) is 0 Å². The van der Waals surface area contributed by atoms with Gasteiger partial charge in [0, 0.05) is 12.1 Å². The molecule has 2 heterocycles. The van der Waals surface area contributed by atoms with E-state index in [0.29, 0.717) is 12.3 Å². The standard InChI is InChI=1S/C19H21FN2O2/c20-14-10-8-13(9-11-14)17-7-3-4-12-22(17)19(23)18-15-5-1-2-6-16(15)21-24-18/h8-11,17H,1-7,12H2. The van der Waals surface area contributed by atoms with Crippen LogP contribution in [0.25, 0.3) is 0 Å². The summed E-state index contributed by atoms with van der Waals surface area (Å²) in [4.78, 5) is 15.0. The second kappa shape index (κ2) is 6.38. The molecule has 24 heavy (non-hydrogen) atoms. The molecule has 1 atom stereocenters. The van der Waals surface area contributed by atoms with Crippen molar-refractivity contribution in [1.82, 2.24) is 10.1 Å². The molecule has 1 aliphatic carbocycles. The summed E-state index contributed by atoms with van der Waals surface area (Å²) in [5.74, 6) is 0.0927. The molecule has 1 aromatic heterocycles. The molecular weight excluding hydrogens is 307 g/mol. The summed E-state index contributed by atoms with van der Waals surface area (Å²) in [5.41, 5.74) is 2.92. The first-order valence-electron chi connectivity index (χ1n) is 8.78. The van der Waals surface area contributed by atoms with E-state index in [0.717, 1.165) is 61.8 Å². The van der Waals surface area contributed by atoms with Crippen molar-refractivity contribution in [2.45, 2.75) is 51.0 Å². The van der Waals surface area contributed by atoms with Gasteiger partial charge < -0.3 is 9.42 Å². The maximum atomic E-state index is 13.2. The maximum Gasteiger partial charge on any atom is 0.293 e. The first-order chi connectivity index (χ1) is 11.7. The number of benzene rings is 1. The highest BCUT2D eigenvalue weighted by Gasteiger charge is 2.33. The van der Waals surface area contributed by atoms with Gasteiger partial charge in [0.15, 0.2) is 0 Å². The van der Waals surface area contributed by atoms with E-state index < -0.39 is 0 Å². The molecule has 0 N–H and O–H groups in total. The SMILES string of the molecule is O=C(c1onc2c1CCCC2)N1CCCCC1c1ccc(F)cc1. The molecule has 2 aliphatic rings. The Kier molecular flexibility index (Phi) is 4.08. The van der Waals surface area contributed by atoms with E-state index in [2.05, 4.69) is 5.16 Å². The van der Waals surface area contributed by atoms with Crippen LogP contribution in [0, 0.1) is 5.82 Å². The number of likely N-dealkylation sites (tertiary alicyclic amines) is 1. The number of rotatable bonds is 2. The number of nitrogens with zero attached hydrogens (tertiary/aromatic N) is 2. The first kappa shape index (κ1) is 15.4. The average Bonchev–Trinajstić information content (AvgIpc) is 3.06. The van der Waals surface area contributed by atoms with Crippen molar-refractivity contribution < 1.29 is 13.7 Å². The Morgan fingerprint density at radius 2 is 1.92 bits per heavy atom. The first-order valence-corrected chi connectivity index (χ1v) is 8.78. The minimum Gasteiger partial charge on any atom is -0.350 e. The zero-order chi connectivity index (χ0) is 16.5. The van der Waals surface area contributed by atoms with E-state index in [1.807, 2.05) is 4.90 Å². The monoisotopic (exact) mass is 328 g/mol. The van der Waals surface area contributed by atoms with Gasteiger partial charge in [-0.05, 0) is 62.6 Å². The molecule has 1 aromatic carbocycles. The van der Waals surface area contributed by atoms with E-state index >= 15 is 0 Å². The fourth-order valence-electron chi connectivity index (χ4n) is 3.90. The number of piperidine rings is 1. The van der Waals surface area contributed by atoms with Crippen LogP contribution in [0.5, 0.6) is 0 Å². The second-order valence-corrected chi connectivity index (χ2v) is 6.71. The quantitative estimate of drug-likeness (QED) is 0.835. The molecule has 0 radical (unpaired) electrons. The molecule has 1 aliphatic heterocycles. The fourth-order valence-corrected chi connectivity index (χ4v) is 3.90. The van der Waals surface area contributed by atoms with E-state index in [1.54, 1.807) is 12.1 Å². The van der Waals surface area contributed by atoms with Gasteiger partial charge in [0.2, 0.25) is 5.76 Å². The van der Waals surface area contributed by atoms with E-state index in [-0.39, 0.29) is 17.8 Å². The Morgan fingerprint density at radius 1 is 1.12 bits per heavy atom. The van der Waals surface area contributed by atoms with Gasteiger partial charge in [-0.1, -0.05) is 17.3 Å². The summed E-state index contributed by atoms with van der Waals surface area (Å²) in [5, 5.41) is 4.11. The lowest BCUT2D eigenvalue weighted by Gasteiger charge is -2.35. The van der Waals surface area contributed by atoms with Crippen molar-refractivity contribution in [3.05, 3.63) is 52.7 Å². The van der Waals surface area contributed by atoms with Crippen LogP contribution in [0.2, 0.25) is 0 Å². The van der Waals surface area contributed by atoms with Gasteiger partial charge in [-0.2, -0.15) is 0 Å². The van der Waals surface area contributed by atoms with Crippen LogP contribution in [0.3, 0.4) is 0 Å². The van der Waals surface area contributed by atoms with Crippen molar-refractivity contribution in [1.29, 1.82) is 0 Å². The van der Waals surface area contributed by atoms with Crippen LogP contribution in [0.15, 0.2) is 28.8 Å². The van der Waals surface area contributed by atoms with Gasteiger partial charge >= 0.3 is 0 Å².